The maximum atomic E-state index is 12.6. The number of aromatic nitrogens is 2. The Morgan fingerprint density at radius 2 is 1.90 bits per heavy atom. The summed E-state index contributed by atoms with van der Waals surface area (Å²) >= 11 is 7.61. The minimum atomic E-state index is -0.487. The molecule has 1 saturated heterocycles. The van der Waals surface area contributed by atoms with Crippen molar-refractivity contribution in [1.82, 2.24) is 14.7 Å². The number of ether oxygens (including phenoxy) is 1. The van der Waals surface area contributed by atoms with E-state index in [4.69, 9.17) is 16.3 Å². The molecule has 4 rings (SSSR count). The lowest BCUT2D eigenvalue weighted by Gasteiger charge is -2.19. The van der Waals surface area contributed by atoms with E-state index in [1.807, 2.05) is 25.1 Å². The van der Waals surface area contributed by atoms with Crippen LogP contribution < -0.4 is 0 Å². The molecule has 0 radical (unpaired) electrons. The summed E-state index contributed by atoms with van der Waals surface area (Å²) in [6, 6.07) is 9.20. The standard InChI is InChI=1S/C21H22ClN3O3S/c1-14-15-12-18(21(27)28-13-19(26)24-10-6-2-3-7-11-24)29-20(15)25(23-14)17-9-5-4-8-16(17)22/h4-5,8-9,12H,2-3,6-7,10-11,13H2,1H3. The summed E-state index contributed by atoms with van der Waals surface area (Å²) in [6.07, 6.45) is 4.31. The van der Waals surface area contributed by atoms with E-state index in [0.717, 1.165) is 60.4 Å². The number of nitrogens with zero attached hydrogens (tertiary/aromatic N) is 3. The lowest BCUT2D eigenvalue weighted by molar-refractivity contribution is -0.134. The maximum absolute atomic E-state index is 12.6. The summed E-state index contributed by atoms with van der Waals surface area (Å²) < 4.78 is 7.06. The second-order valence-corrected chi connectivity index (χ2v) is 8.59. The monoisotopic (exact) mass is 431 g/mol. The lowest BCUT2D eigenvalue weighted by atomic mass is 10.2. The summed E-state index contributed by atoms with van der Waals surface area (Å²) in [6.45, 7) is 3.15. The summed E-state index contributed by atoms with van der Waals surface area (Å²) in [4.78, 5) is 28.0. The Hall–Kier alpha value is -2.38. The molecule has 8 heteroatoms. The second-order valence-electron chi connectivity index (χ2n) is 7.15. The normalized spacial score (nSPS) is 14.8. The smallest absolute Gasteiger partial charge is 0.348 e. The second kappa shape index (κ2) is 8.55. The minimum Gasteiger partial charge on any atom is -0.451 e. The van der Waals surface area contributed by atoms with Crippen molar-refractivity contribution in [2.24, 2.45) is 0 Å². The van der Waals surface area contributed by atoms with Crippen LogP contribution in [0.2, 0.25) is 5.02 Å². The van der Waals surface area contributed by atoms with Crippen LogP contribution in [0.5, 0.6) is 0 Å². The Labute approximate surface area is 178 Å². The van der Waals surface area contributed by atoms with Crippen LogP contribution in [0.25, 0.3) is 15.9 Å². The molecule has 1 aliphatic heterocycles. The van der Waals surface area contributed by atoms with E-state index < -0.39 is 5.97 Å². The SMILES string of the molecule is Cc1nn(-c2ccccc2Cl)c2sc(C(=O)OCC(=O)N3CCCCCC3)cc12. The van der Waals surface area contributed by atoms with Gasteiger partial charge in [0.25, 0.3) is 5.91 Å². The van der Waals surface area contributed by atoms with E-state index >= 15 is 0 Å². The Kier molecular flexibility index (Phi) is 5.87. The molecule has 0 unspecified atom stereocenters. The van der Waals surface area contributed by atoms with Crippen LogP contribution in [0.4, 0.5) is 0 Å². The van der Waals surface area contributed by atoms with Gasteiger partial charge in [-0.25, -0.2) is 9.48 Å². The number of amides is 1. The molecule has 1 aromatic carbocycles. The van der Waals surface area contributed by atoms with Gasteiger partial charge in [0.05, 0.1) is 16.4 Å². The molecule has 0 aliphatic carbocycles. The quantitative estimate of drug-likeness (QED) is 0.566. The predicted molar refractivity (Wildman–Crippen MR) is 114 cm³/mol. The van der Waals surface area contributed by atoms with Gasteiger partial charge in [-0.2, -0.15) is 5.10 Å². The fourth-order valence-electron chi connectivity index (χ4n) is 3.54. The molecule has 0 bridgehead atoms. The van der Waals surface area contributed by atoms with Crippen LogP contribution in [0.3, 0.4) is 0 Å². The Morgan fingerprint density at radius 1 is 1.17 bits per heavy atom. The van der Waals surface area contributed by atoms with Crippen LogP contribution in [-0.4, -0.2) is 46.3 Å². The van der Waals surface area contributed by atoms with Crippen LogP contribution in [0.1, 0.15) is 41.0 Å². The molecule has 2 aromatic heterocycles. The molecule has 0 saturated carbocycles. The average Bonchev–Trinajstić information content (AvgIpc) is 3.15. The van der Waals surface area contributed by atoms with E-state index in [-0.39, 0.29) is 12.5 Å². The predicted octanol–water partition coefficient (Wildman–Crippen LogP) is 4.61. The van der Waals surface area contributed by atoms with Gasteiger partial charge in [0.15, 0.2) is 6.61 Å². The molecule has 1 amide bonds. The van der Waals surface area contributed by atoms with Gasteiger partial charge in [-0.05, 0) is 38.0 Å². The number of esters is 1. The van der Waals surface area contributed by atoms with Crippen LogP contribution in [-0.2, 0) is 9.53 Å². The molecular formula is C21H22ClN3O3S. The van der Waals surface area contributed by atoms with Gasteiger partial charge in [-0.1, -0.05) is 36.6 Å². The number of rotatable bonds is 4. The topological polar surface area (TPSA) is 64.4 Å². The third kappa shape index (κ3) is 4.16. The number of hydrogen-bond acceptors (Lipinski definition) is 5. The van der Waals surface area contributed by atoms with Crippen molar-refractivity contribution >= 4 is 45.0 Å². The molecule has 29 heavy (non-hydrogen) atoms. The van der Waals surface area contributed by atoms with E-state index in [1.54, 1.807) is 21.7 Å². The van der Waals surface area contributed by atoms with Crippen molar-refractivity contribution in [2.45, 2.75) is 32.6 Å². The highest BCUT2D eigenvalue weighted by molar-refractivity contribution is 7.20. The summed E-state index contributed by atoms with van der Waals surface area (Å²) in [5, 5.41) is 6.01. The van der Waals surface area contributed by atoms with Gasteiger partial charge in [0, 0.05) is 18.5 Å². The highest BCUT2D eigenvalue weighted by Crippen LogP contribution is 2.32. The van der Waals surface area contributed by atoms with Gasteiger partial charge < -0.3 is 9.64 Å². The number of thiophene rings is 1. The number of hydrogen-bond donors (Lipinski definition) is 0. The van der Waals surface area contributed by atoms with Gasteiger partial charge in [0.2, 0.25) is 0 Å². The van der Waals surface area contributed by atoms with E-state index in [9.17, 15) is 9.59 Å². The Balaban J connectivity index is 1.51. The molecule has 0 spiro atoms. The molecule has 1 fully saturated rings. The first kappa shape index (κ1) is 19.9. The highest BCUT2D eigenvalue weighted by atomic mass is 35.5. The highest BCUT2D eigenvalue weighted by Gasteiger charge is 2.21. The number of carbonyl (C=O) groups is 2. The number of benzene rings is 1. The van der Waals surface area contributed by atoms with Crippen molar-refractivity contribution in [3.05, 3.63) is 45.9 Å². The third-order valence-electron chi connectivity index (χ3n) is 5.11. The number of aryl methyl sites for hydroxylation is 1. The Morgan fingerprint density at radius 3 is 2.62 bits per heavy atom. The summed E-state index contributed by atoms with van der Waals surface area (Å²) in [5.74, 6) is -0.612. The first-order valence-electron chi connectivity index (χ1n) is 9.73. The van der Waals surface area contributed by atoms with Gasteiger partial charge in [-0.15, -0.1) is 11.3 Å². The van der Waals surface area contributed by atoms with Crippen molar-refractivity contribution < 1.29 is 14.3 Å². The fourth-order valence-corrected chi connectivity index (χ4v) is 4.83. The summed E-state index contributed by atoms with van der Waals surface area (Å²) in [7, 11) is 0. The van der Waals surface area contributed by atoms with Crippen molar-refractivity contribution in [3.8, 4) is 5.69 Å². The first-order chi connectivity index (χ1) is 14.0. The zero-order valence-corrected chi connectivity index (χ0v) is 17.8. The first-order valence-corrected chi connectivity index (χ1v) is 10.9. The van der Waals surface area contributed by atoms with Crippen molar-refractivity contribution in [1.29, 1.82) is 0 Å². The number of para-hydroxylation sites is 1. The zero-order valence-electron chi connectivity index (χ0n) is 16.2. The van der Waals surface area contributed by atoms with Crippen molar-refractivity contribution in [3.63, 3.8) is 0 Å². The molecule has 3 heterocycles. The van der Waals surface area contributed by atoms with E-state index in [2.05, 4.69) is 5.10 Å². The molecule has 3 aromatic rings. The zero-order chi connectivity index (χ0) is 20.4. The largest absolute Gasteiger partial charge is 0.451 e. The number of fused-ring (bicyclic) bond motifs is 1. The molecule has 6 nitrogen and oxygen atoms in total. The minimum absolute atomic E-state index is 0.125. The molecule has 0 atom stereocenters. The van der Waals surface area contributed by atoms with Gasteiger partial charge in [0.1, 0.15) is 9.71 Å². The van der Waals surface area contributed by atoms with E-state index in [0.29, 0.717) is 9.90 Å². The van der Waals surface area contributed by atoms with Crippen LogP contribution >= 0.6 is 22.9 Å². The molecule has 152 valence electrons. The maximum Gasteiger partial charge on any atom is 0.348 e. The third-order valence-corrected chi connectivity index (χ3v) is 6.52. The van der Waals surface area contributed by atoms with Crippen molar-refractivity contribution in [2.75, 3.05) is 19.7 Å². The van der Waals surface area contributed by atoms with Gasteiger partial charge in [-0.3, -0.25) is 4.79 Å². The molecule has 1 aliphatic rings. The van der Waals surface area contributed by atoms with Crippen LogP contribution in [0.15, 0.2) is 30.3 Å². The molecular weight excluding hydrogens is 410 g/mol. The average molecular weight is 432 g/mol. The summed E-state index contributed by atoms with van der Waals surface area (Å²) in [5.41, 5.74) is 1.56. The van der Waals surface area contributed by atoms with Gasteiger partial charge >= 0.3 is 5.97 Å². The lowest BCUT2D eigenvalue weighted by Crippen LogP contribution is -2.35. The number of likely N-dealkylation sites (tertiary alicyclic amines) is 1. The van der Waals surface area contributed by atoms with E-state index in [1.165, 1.54) is 11.3 Å². The van der Waals surface area contributed by atoms with Crippen LogP contribution in [0, 0.1) is 6.92 Å². The number of carbonyl (C=O) groups excluding carboxylic acids is 2. The fraction of sp³-hybridized carbons (Fsp3) is 0.381. The number of halogens is 1. The Bertz CT molecular complexity index is 1050. The molecule has 0 N–H and O–H groups in total.